The van der Waals surface area contributed by atoms with E-state index in [1.807, 2.05) is 17.5 Å². The standard InChI is InChI=1S/C23H19FN4O3S/c24-16-6-2-8-18(14-16)26-23(30)15-5-1-7-17(13-15)25-20(29)10-3-11-21-27-22(28-31-21)19-9-4-12-32-19/h1-2,4-9,12-14H,3,10-11H2,(H,25,29)(H,26,30). The SMILES string of the molecule is O=C(CCCc1nc(-c2cccs2)no1)Nc1cccc(C(=O)Nc2cccc(F)c2)c1. The van der Waals surface area contributed by atoms with E-state index in [1.54, 1.807) is 30.3 Å². The summed E-state index contributed by atoms with van der Waals surface area (Å²) in [5, 5.41) is 11.3. The molecule has 7 nitrogen and oxygen atoms in total. The Morgan fingerprint density at radius 3 is 2.59 bits per heavy atom. The Morgan fingerprint density at radius 1 is 1.00 bits per heavy atom. The van der Waals surface area contributed by atoms with E-state index < -0.39 is 11.7 Å². The largest absolute Gasteiger partial charge is 0.339 e. The fraction of sp³-hybridized carbons (Fsp3) is 0.130. The average Bonchev–Trinajstić information content (AvgIpc) is 3.46. The van der Waals surface area contributed by atoms with Crippen LogP contribution in [0.3, 0.4) is 0 Å². The van der Waals surface area contributed by atoms with Gasteiger partial charge in [-0.2, -0.15) is 4.98 Å². The third-order valence-electron chi connectivity index (χ3n) is 4.50. The zero-order chi connectivity index (χ0) is 22.3. The number of aryl methyl sites for hydroxylation is 1. The van der Waals surface area contributed by atoms with E-state index in [2.05, 4.69) is 20.8 Å². The molecule has 0 aliphatic heterocycles. The zero-order valence-electron chi connectivity index (χ0n) is 16.9. The van der Waals surface area contributed by atoms with Crippen LogP contribution in [0.5, 0.6) is 0 Å². The summed E-state index contributed by atoms with van der Waals surface area (Å²) in [4.78, 5) is 30.0. The van der Waals surface area contributed by atoms with Crippen LogP contribution in [0.1, 0.15) is 29.1 Å². The summed E-state index contributed by atoms with van der Waals surface area (Å²) < 4.78 is 18.5. The predicted molar refractivity (Wildman–Crippen MR) is 120 cm³/mol. The molecule has 2 heterocycles. The second-order valence-electron chi connectivity index (χ2n) is 6.94. The van der Waals surface area contributed by atoms with Crippen LogP contribution in [-0.4, -0.2) is 22.0 Å². The van der Waals surface area contributed by atoms with E-state index in [9.17, 15) is 14.0 Å². The normalized spacial score (nSPS) is 10.7. The number of halogens is 1. The predicted octanol–water partition coefficient (Wildman–Crippen LogP) is 5.15. The average molecular weight is 450 g/mol. The van der Waals surface area contributed by atoms with Crippen LogP contribution >= 0.6 is 11.3 Å². The van der Waals surface area contributed by atoms with E-state index in [-0.39, 0.29) is 12.3 Å². The highest BCUT2D eigenvalue weighted by molar-refractivity contribution is 7.13. The Bertz CT molecular complexity index is 1220. The van der Waals surface area contributed by atoms with Gasteiger partial charge < -0.3 is 15.2 Å². The Morgan fingerprint density at radius 2 is 1.81 bits per heavy atom. The first-order chi connectivity index (χ1) is 15.6. The van der Waals surface area contributed by atoms with Crippen LogP contribution in [0, 0.1) is 5.82 Å². The number of carbonyl (C=O) groups excluding carboxylic acids is 2. The Kier molecular flexibility index (Phi) is 6.66. The van der Waals surface area contributed by atoms with E-state index in [4.69, 9.17) is 4.52 Å². The maximum atomic E-state index is 13.3. The van der Waals surface area contributed by atoms with Crippen molar-refractivity contribution in [2.24, 2.45) is 0 Å². The van der Waals surface area contributed by atoms with E-state index in [0.29, 0.717) is 41.5 Å². The van der Waals surface area contributed by atoms with Crippen molar-refractivity contribution >= 4 is 34.5 Å². The molecule has 0 saturated heterocycles. The topological polar surface area (TPSA) is 97.1 Å². The summed E-state index contributed by atoms with van der Waals surface area (Å²) >= 11 is 1.53. The summed E-state index contributed by atoms with van der Waals surface area (Å²) in [6, 6.07) is 16.0. The van der Waals surface area contributed by atoms with Gasteiger partial charge in [0.2, 0.25) is 17.6 Å². The van der Waals surface area contributed by atoms with Gasteiger partial charge in [0.1, 0.15) is 5.82 Å². The third-order valence-corrected chi connectivity index (χ3v) is 5.36. The van der Waals surface area contributed by atoms with Gasteiger partial charge in [-0.05, 0) is 54.3 Å². The summed E-state index contributed by atoms with van der Waals surface area (Å²) in [5.41, 5.74) is 1.20. The fourth-order valence-electron chi connectivity index (χ4n) is 2.99. The Labute approximate surface area is 187 Å². The second-order valence-corrected chi connectivity index (χ2v) is 7.88. The zero-order valence-corrected chi connectivity index (χ0v) is 17.7. The molecule has 0 unspecified atom stereocenters. The first kappa shape index (κ1) is 21.4. The third kappa shape index (κ3) is 5.64. The number of amides is 2. The second kappa shape index (κ2) is 9.97. The van der Waals surface area contributed by atoms with Crippen LogP contribution in [0.25, 0.3) is 10.7 Å². The molecule has 2 N–H and O–H groups in total. The summed E-state index contributed by atoms with van der Waals surface area (Å²) in [7, 11) is 0. The number of nitrogens with zero attached hydrogens (tertiary/aromatic N) is 2. The van der Waals surface area contributed by atoms with Crippen molar-refractivity contribution in [1.29, 1.82) is 0 Å². The van der Waals surface area contributed by atoms with Crippen LogP contribution in [-0.2, 0) is 11.2 Å². The number of aromatic nitrogens is 2. The van der Waals surface area contributed by atoms with Gasteiger partial charge in [-0.1, -0.05) is 23.4 Å². The quantitative estimate of drug-likeness (QED) is 0.387. The number of thiophene rings is 1. The lowest BCUT2D eigenvalue weighted by molar-refractivity contribution is -0.116. The van der Waals surface area contributed by atoms with E-state index in [0.717, 1.165) is 4.88 Å². The van der Waals surface area contributed by atoms with Gasteiger partial charge in [0.05, 0.1) is 4.88 Å². The number of anilines is 2. The lowest BCUT2D eigenvalue weighted by atomic mass is 10.1. The number of carbonyl (C=O) groups is 2. The monoisotopic (exact) mass is 450 g/mol. The van der Waals surface area contributed by atoms with Gasteiger partial charge in [0.15, 0.2) is 0 Å². The molecule has 2 aromatic heterocycles. The van der Waals surface area contributed by atoms with Gasteiger partial charge in [0.25, 0.3) is 5.91 Å². The molecule has 4 rings (SSSR count). The van der Waals surface area contributed by atoms with Crippen molar-refractivity contribution in [2.45, 2.75) is 19.3 Å². The molecule has 0 aliphatic rings. The van der Waals surface area contributed by atoms with Gasteiger partial charge in [0, 0.05) is 29.8 Å². The molecule has 0 radical (unpaired) electrons. The molecule has 9 heteroatoms. The molecular weight excluding hydrogens is 431 g/mol. The van der Waals surface area contributed by atoms with Crippen LogP contribution in [0.2, 0.25) is 0 Å². The van der Waals surface area contributed by atoms with Crippen LogP contribution in [0.4, 0.5) is 15.8 Å². The number of hydrogen-bond donors (Lipinski definition) is 2. The molecule has 0 spiro atoms. The van der Waals surface area contributed by atoms with Crippen molar-refractivity contribution in [3.05, 3.63) is 83.3 Å². The summed E-state index contributed by atoms with van der Waals surface area (Å²) in [6.07, 6.45) is 1.29. The van der Waals surface area contributed by atoms with Gasteiger partial charge >= 0.3 is 0 Å². The molecule has 0 aliphatic carbocycles. The first-order valence-electron chi connectivity index (χ1n) is 9.90. The number of nitrogens with one attached hydrogen (secondary N) is 2. The Balaban J connectivity index is 1.27. The molecule has 0 atom stereocenters. The molecule has 32 heavy (non-hydrogen) atoms. The minimum Gasteiger partial charge on any atom is -0.339 e. The lowest BCUT2D eigenvalue weighted by Gasteiger charge is -2.08. The van der Waals surface area contributed by atoms with Crippen molar-refractivity contribution < 1.29 is 18.5 Å². The summed E-state index contributed by atoms with van der Waals surface area (Å²) in [5.74, 6) is 0.00686. The van der Waals surface area contributed by atoms with Crippen LogP contribution in [0.15, 0.2) is 70.6 Å². The maximum absolute atomic E-state index is 13.3. The van der Waals surface area contributed by atoms with Crippen LogP contribution < -0.4 is 10.6 Å². The van der Waals surface area contributed by atoms with E-state index in [1.165, 1.54) is 29.5 Å². The minimum atomic E-state index is -0.438. The molecule has 162 valence electrons. The number of rotatable bonds is 8. The number of benzene rings is 2. The lowest BCUT2D eigenvalue weighted by Crippen LogP contribution is -2.14. The number of hydrogen-bond acceptors (Lipinski definition) is 6. The first-order valence-corrected chi connectivity index (χ1v) is 10.8. The maximum Gasteiger partial charge on any atom is 0.255 e. The summed E-state index contributed by atoms with van der Waals surface area (Å²) in [6.45, 7) is 0. The molecule has 4 aromatic rings. The van der Waals surface area contributed by atoms with Crippen molar-refractivity contribution in [2.75, 3.05) is 10.6 Å². The highest BCUT2D eigenvalue weighted by atomic mass is 32.1. The van der Waals surface area contributed by atoms with Crippen molar-refractivity contribution in [3.63, 3.8) is 0 Å². The smallest absolute Gasteiger partial charge is 0.255 e. The Hall–Kier alpha value is -3.85. The van der Waals surface area contributed by atoms with Gasteiger partial charge in [-0.3, -0.25) is 9.59 Å². The molecule has 2 amide bonds. The molecule has 0 saturated carbocycles. The molecule has 0 fully saturated rings. The van der Waals surface area contributed by atoms with Crippen molar-refractivity contribution in [1.82, 2.24) is 10.1 Å². The van der Waals surface area contributed by atoms with Crippen molar-refractivity contribution in [3.8, 4) is 10.7 Å². The highest BCUT2D eigenvalue weighted by Gasteiger charge is 2.12. The molecule has 0 bridgehead atoms. The van der Waals surface area contributed by atoms with Gasteiger partial charge in [-0.15, -0.1) is 11.3 Å². The molecule has 2 aromatic carbocycles. The highest BCUT2D eigenvalue weighted by Crippen LogP contribution is 2.21. The molecular formula is C23H19FN4O3S. The van der Waals surface area contributed by atoms with Gasteiger partial charge in [-0.25, -0.2) is 4.39 Å². The van der Waals surface area contributed by atoms with E-state index >= 15 is 0 Å². The fourth-order valence-corrected chi connectivity index (χ4v) is 3.64. The minimum absolute atomic E-state index is 0.189.